The van der Waals surface area contributed by atoms with Crippen molar-refractivity contribution in [3.63, 3.8) is 0 Å². The molecule has 0 saturated carbocycles. The van der Waals surface area contributed by atoms with Gasteiger partial charge in [0.1, 0.15) is 0 Å². The second-order valence-corrected chi connectivity index (χ2v) is 9.79. The first-order valence-corrected chi connectivity index (χ1v) is 12.0. The molecule has 2 amide bonds. The van der Waals surface area contributed by atoms with E-state index in [0.717, 1.165) is 11.4 Å². The van der Waals surface area contributed by atoms with Crippen LogP contribution in [0.25, 0.3) is 0 Å². The normalized spacial score (nSPS) is 12.9. The fourth-order valence-electron chi connectivity index (χ4n) is 2.05. The molecular formula is C20H22Cl2N2O2S2. The van der Waals surface area contributed by atoms with Gasteiger partial charge in [0.15, 0.2) is 0 Å². The van der Waals surface area contributed by atoms with E-state index in [1.54, 1.807) is 70.1 Å². The molecule has 2 unspecified atom stereocenters. The fourth-order valence-corrected chi connectivity index (χ4v) is 5.01. The predicted octanol–water partition coefficient (Wildman–Crippen LogP) is 6.22. The molecule has 0 aliphatic rings. The van der Waals surface area contributed by atoms with E-state index in [-0.39, 0.29) is 23.7 Å². The lowest BCUT2D eigenvalue weighted by atomic mass is 10.2. The van der Waals surface area contributed by atoms with Gasteiger partial charge in [-0.15, -0.1) is 0 Å². The predicted molar refractivity (Wildman–Crippen MR) is 123 cm³/mol. The van der Waals surface area contributed by atoms with Crippen LogP contribution in [-0.4, -0.2) is 23.3 Å². The highest BCUT2D eigenvalue weighted by Gasteiger charge is 2.16. The molecule has 0 saturated heterocycles. The van der Waals surface area contributed by atoms with Crippen LogP contribution >= 0.6 is 44.8 Å². The zero-order valence-corrected chi connectivity index (χ0v) is 18.7. The van der Waals surface area contributed by atoms with Gasteiger partial charge in [-0.1, -0.05) is 58.6 Å². The number of carbonyl (C=O) groups is 2. The third-order valence-electron chi connectivity index (χ3n) is 3.84. The standard InChI is InChI=1S/C20H22Cl2N2O2S2/c1-13(19(25)23-17-7-3-15(21)4-8-17)11-27-28-12-14(2)20(26)24-18-9-5-16(22)6-10-18/h3-10,13-14H,11-12H2,1-2H3,(H,23,25)(H,24,26). The Morgan fingerprint density at radius 3 is 1.39 bits per heavy atom. The molecule has 0 fully saturated rings. The van der Waals surface area contributed by atoms with Gasteiger partial charge in [0.25, 0.3) is 0 Å². The van der Waals surface area contributed by atoms with E-state index in [9.17, 15) is 9.59 Å². The van der Waals surface area contributed by atoms with E-state index in [0.29, 0.717) is 21.6 Å². The molecule has 0 bridgehead atoms. The van der Waals surface area contributed by atoms with Crippen LogP contribution in [0.1, 0.15) is 13.8 Å². The Bertz CT molecular complexity index is 718. The Kier molecular flexibility index (Phi) is 9.51. The molecule has 0 aromatic heterocycles. The molecular weight excluding hydrogens is 435 g/mol. The van der Waals surface area contributed by atoms with E-state index in [1.165, 1.54) is 0 Å². The van der Waals surface area contributed by atoms with E-state index < -0.39 is 0 Å². The number of benzene rings is 2. The molecule has 0 aliphatic carbocycles. The molecule has 2 aromatic carbocycles. The summed E-state index contributed by atoms with van der Waals surface area (Å²) in [7, 11) is 3.19. The van der Waals surface area contributed by atoms with Crippen LogP contribution < -0.4 is 10.6 Å². The van der Waals surface area contributed by atoms with Crippen LogP contribution in [0.15, 0.2) is 48.5 Å². The number of halogens is 2. The molecule has 8 heteroatoms. The van der Waals surface area contributed by atoms with E-state index >= 15 is 0 Å². The lowest BCUT2D eigenvalue weighted by Crippen LogP contribution is -2.23. The van der Waals surface area contributed by atoms with Crippen LogP contribution in [0.2, 0.25) is 10.0 Å². The Hall–Kier alpha value is -1.34. The van der Waals surface area contributed by atoms with Crippen LogP contribution in [0.5, 0.6) is 0 Å². The fraction of sp³-hybridized carbons (Fsp3) is 0.300. The summed E-state index contributed by atoms with van der Waals surface area (Å²) in [5, 5.41) is 7.01. The maximum Gasteiger partial charge on any atom is 0.228 e. The molecule has 2 N–H and O–H groups in total. The van der Waals surface area contributed by atoms with Gasteiger partial charge in [-0.3, -0.25) is 9.59 Å². The first-order valence-electron chi connectivity index (χ1n) is 8.72. The molecule has 0 spiro atoms. The van der Waals surface area contributed by atoms with Crippen molar-refractivity contribution in [3.05, 3.63) is 58.6 Å². The summed E-state index contributed by atoms with van der Waals surface area (Å²) in [6.07, 6.45) is 0. The molecule has 0 heterocycles. The minimum atomic E-state index is -0.147. The van der Waals surface area contributed by atoms with Crippen molar-refractivity contribution in [1.82, 2.24) is 0 Å². The topological polar surface area (TPSA) is 58.2 Å². The van der Waals surface area contributed by atoms with Crippen LogP contribution in [0, 0.1) is 11.8 Å². The molecule has 2 rings (SSSR count). The summed E-state index contributed by atoms with van der Waals surface area (Å²) < 4.78 is 0. The highest BCUT2D eigenvalue weighted by molar-refractivity contribution is 8.76. The van der Waals surface area contributed by atoms with Crippen molar-refractivity contribution in [1.29, 1.82) is 0 Å². The summed E-state index contributed by atoms with van der Waals surface area (Å²) in [6, 6.07) is 14.1. The Morgan fingerprint density at radius 2 is 1.07 bits per heavy atom. The number of rotatable bonds is 9. The highest BCUT2D eigenvalue weighted by Crippen LogP contribution is 2.27. The summed E-state index contributed by atoms with van der Waals surface area (Å²) in [5.74, 6) is 0.955. The zero-order valence-electron chi connectivity index (χ0n) is 15.6. The first kappa shape index (κ1) is 22.9. The van der Waals surface area contributed by atoms with Gasteiger partial charge in [-0.2, -0.15) is 0 Å². The van der Waals surface area contributed by atoms with Gasteiger partial charge in [0, 0.05) is 44.8 Å². The maximum absolute atomic E-state index is 12.2. The van der Waals surface area contributed by atoms with Crippen molar-refractivity contribution in [2.45, 2.75) is 13.8 Å². The molecule has 4 nitrogen and oxygen atoms in total. The first-order chi connectivity index (χ1) is 13.3. The van der Waals surface area contributed by atoms with Gasteiger partial charge in [-0.05, 0) is 48.5 Å². The maximum atomic E-state index is 12.2. The van der Waals surface area contributed by atoms with Gasteiger partial charge in [0.2, 0.25) is 11.8 Å². The lowest BCUT2D eigenvalue weighted by Gasteiger charge is -2.14. The number of hydrogen-bond acceptors (Lipinski definition) is 4. The van der Waals surface area contributed by atoms with Crippen LogP contribution in [0.3, 0.4) is 0 Å². The molecule has 2 aromatic rings. The van der Waals surface area contributed by atoms with Crippen molar-refractivity contribution in [3.8, 4) is 0 Å². The van der Waals surface area contributed by atoms with Crippen molar-refractivity contribution in [2.75, 3.05) is 22.1 Å². The summed E-state index contributed by atoms with van der Waals surface area (Å²) in [6.45, 7) is 3.77. The minimum Gasteiger partial charge on any atom is -0.326 e. The Morgan fingerprint density at radius 1 is 0.750 bits per heavy atom. The molecule has 150 valence electrons. The highest BCUT2D eigenvalue weighted by atomic mass is 35.5. The SMILES string of the molecule is CC(CSSCC(C)C(=O)Nc1ccc(Cl)cc1)C(=O)Nc1ccc(Cl)cc1. The average Bonchev–Trinajstić information content (AvgIpc) is 2.68. The van der Waals surface area contributed by atoms with E-state index in [2.05, 4.69) is 10.6 Å². The quantitative estimate of drug-likeness (QED) is 0.347. The van der Waals surface area contributed by atoms with Crippen molar-refractivity contribution in [2.24, 2.45) is 11.8 Å². The third-order valence-corrected chi connectivity index (χ3v) is 7.10. The third kappa shape index (κ3) is 7.95. The average molecular weight is 457 g/mol. The van der Waals surface area contributed by atoms with Gasteiger partial charge in [-0.25, -0.2) is 0 Å². The zero-order chi connectivity index (χ0) is 20.5. The summed E-state index contributed by atoms with van der Waals surface area (Å²) >= 11 is 11.7. The van der Waals surface area contributed by atoms with E-state index in [4.69, 9.17) is 23.2 Å². The van der Waals surface area contributed by atoms with Crippen LogP contribution in [-0.2, 0) is 9.59 Å². The second-order valence-electron chi connectivity index (χ2n) is 6.36. The molecule has 28 heavy (non-hydrogen) atoms. The number of hydrogen-bond donors (Lipinski definition) is 2. The Balaban J connectivity index is 1.66. The lowest BCUT2D eigenvalue weighted by molar-refractivity contribution is -0.119. The molecule has 0 aliphatic heterocycles. The van der Waals surface area contributed by atoms with Crippen molar-refractivity contribution >= 4 is 68.0 Å². The molecule has 0 radical (unpaired) electrons. The number of anilines is 2. The van der Waals surface area contributed by atoms with Gasteiger partial charge in [0.05, 0.1) is 0 Å². The molecule has 2 atom stereocenters. The summed E-state index contributed by atoms with van der Waals surface area (Å²) in [4.78, 5) is 24.4. The van der Waals surface area contributed by atoms with E-state index in [1.807, 2.05) is 13.8 Å². The minimum absolute atomic E-state index is 0.0380. The Labute approximate surface area is 183 Å². The van der Waals surface area contributed by atoms with Gasteiger partial charge >= 0.3 is 0 Å². The van der Waals surface area contributed by atoms with Crippen molar-refractivity contribution < 1.29 is 9.59 Å². The number of nitrogens with one attached hydrogen (secondary N) is 2. The monoisotopic (exact) mass is 456 g/mol. The number of amides is 2. The van der Waals surface area contributed by atoms with Gasteiger partial charge < -0.3 is 10.6 Å². The number of carbonyl (C=O) groups excluding carboxylic acids is 2. The van der Waals surface area contributed by atoms with Crippen LogP contribution in [0.4, 0.5) is 11.4 Å². The summed E-state index contributed by atoms with van der Waals surface area (Å²) in [5.41, 5.74) is 1.46. The largest absolute Gasteiger partial charge is 0.326 e. The smallest absolute Gasteiger partial charge is 0.228 e. The second kappa shape index (κ2) is 11.6.